The van der Waals surface area contributed by atoms with Crippen molar-refractivity contribution >= 4 is 51.6 Å². The van der Waals surface area contributed by atoms with Gasteiger partial charge in [0, 0.05) is 18.1 Å². The fourth-order valence-corrected chi connectivity index (χ4v) is 2.91. The number of hydrogen-bond acceptors (Lipinski definition) is 3. The smallest absolute Gasteiger partial charge is 0.238 e. The van der Waals surface area contributed by atoms with E-state index in [0.29, 0.717) is 12.5 Å². The Kier molecular flexibility index (Phi) is 10.1. The van der Waals surface area contributed by atoms with Crippen molar-refractivity contribution in [3.8, 4) is 0 Å². The van der Waals surface area contributed by atoms with E-state index in [-0.39, 0.29) is 28.9 Å². The maximum atomic E-state index is 11.3. The largest absolute Gasteiger partial charge is 0.357 e. The summed E-state index contributed by atoms with van der Waals surface area (Å²) in [6.45, 7) is 3.91. The van der Waals surface area contributed by atoms with Crippen LogP contribution < -0.4 is 15.8 Å². The number of guanidine groups is 1. The Balaban J connectivity index is 0.00000364. The van der Waals surface area contributed by atoms with E-state index in [1.54, 1.807) is 12.1 Å². The van der Waals surface area contributed by atoms with Crippen molar-refractivity contribution in [2.75, 3.05) is 13.1 Å². The summed E-state index contributed by atoms with van der Waals surface area (Å²) in [7, 11) is -3.67. The minimum Gasteiger partial charge on any atom is -0.357 e. The molecule has 0 aromatic heterocycles. The van der Waals surface area contributed by atoms with Crippen molar-refractivity contribution in [1.82, 2.24) is 10.6 Å². The van der Waals surface area contributed by atoms with Gasteiger partial charge in [0.15, 0.2) is 5.96 Å². The van der Waals surface area contributed by atoms with Gasteiger partial charge in [-0.05, 0) is 48.7 Å². The number of aliphatic imine (C=N–C) groups is 1. The van der Waals surface area contributed by atoms with E-state index in [2.05, 4.69) is 15.6 Å². The van der Waals surface area contributed by atoms with Crippen molar-refractivity contribution in [2.24, 2.45) is 10.1 Å². The zero-order valence-corrected chi connectivity index (χ0v) is 18.9. The van der Waals surface area contributed by atoms with Gasteiger partial charge in [-0.15, -0.1) is 24.0 Å². The molecule has 0 unspecified atom stereocenters. The lowest BCUT2D eigenvalue weighted by Crippen LogP contribution is -2.38. The van der Waals surface area contributed by atoms with Crippen LogP contribution in [0.4, 0.5) is 0 Å². The van der Waals surface area contributed by atoms with Crippen LogP contribution in [-0.2, 0) is 23.0 Å². The molecule has 2 rings (SSSR count). The van der Waals surface area contributed by atoms with Crippen LogP contribution in [-0.4, -0.2) is 27.5 Å². The average Bonchev–Trinajstić information content (AvgIpc) is 2.61. The molecule has 0 amide bonds. The molecular weight excluding hydrogens is 499 g/mol. The van der Waals surface area contributed by atoms with Crippen LogP contribution in [0.3, 0.4) is 0 Å². The maximum Gasteiger partial charge on any atom is 0.238 e. The molecule has 0 bridgehead atoms. The van der Waals surface area contributed by atoms with Crippen LogP contribution in [0, 0.1) is 0 Å². The molecule has 0 saturated carbocycles. The summed E-state index contributed by atoms with van der Waals surface area (Å²) in [4.78, 5) is 4.61. The predicted octanol–water partition coefficient (Wildman–Crippen LogP) is 2.90. The van der Waals surface area contributed by atoms with Crippen LogP contribution in [0.15, 0.2) is 58.4 Å². The third-order valence-corrected chi connectivity index (χ3v) is 4.82. The van der Waals surface area contributed by atoms with Crippen molar-refractivity contribution in [1.29, 1.82) is 0 Å². The fourth-order valence-electron chi connectivity index (χ4n) is 2.27. The second-order valence-electron chi connectivity index (χ2n) is 5.69. The fraction of sp³-hybridized carbons (Fsp3) is 0.278. The van der Waals surface area contributed by atoms with Gasteiger partial charge in [0.1, 0.15) is 0 Å². The molecule has 148 valence electrons. The topological polar surface area (TPSA) is 96.6 Å². The Bertz CT molecular complexity index is 841. The lowest BCUT2D eigenvalue weighted by atomic mass is 10.1. The SMILES string of the molecule is CCNC(=NCc1ccc(S(N)(=O)=O)cc1)NCCc1ccc(Cl)cc1.I. The summed E-state index contributed by atoms with van der Waals surface area (Å²) in [5, 5.41) is 12.3. The Morgan fingerprint density at radius 2 is 1.63 bits per heavy atom. The number of hydrogen-bond donors (Lipinski definition) is 3. The first-order chi connectivity index (χ1) is 12.4. The number of primary sulfonamides is 1. The molecule has 2 aromatic rings. The number of rotatable bonds is 7. The zero-order chi connectivity index (χ0) is 19.0. The molecule has 6 nitrogen and oxygen atoms in total. The monoisotopic (exact) mass is 522 g/mol. The molecule has 27 heavy (non-hydrogen) atoms. The number of sulfonamides is 1. The molecular formula is C18H24ClIN4O2S. The van der Waals surface area contributed by atoms with Gasteiger partial charge in [-0.1, -0.05) is 35.9 Å². The normalized spacial score (nSPS) is 11.6. The summed E-state index contributed by atoms with van der Waals surface area (Å²) in [5.74, 6) is 0.706. The number of benzene rings is 2. The van der Waals surface area contributed by atoms with Gasteiger partial charge in [-0.25, -0.2) is 18.5 Å². The Morgan fingerprint density at radius 3 is 2.19 bits per heavy atom. The van der Waals surface area contributed by atoms with Gasteiger partial charge in [0.05, 0.1) is 11.4 Å². The first kappa shape index (κ1) is 23.7. The Hall–Kier alpha value is -1.36. The maximum absolute atomic E-state index is 11.3. The summed E-state index contributed by atoms with van der Waals surface area (Å²) in [6, 6.07) is 14.1. The highest BCUT2D eigenvalue weighted by molar-refractivity contribution is 14.0. The molecule has 0 aliphatic rings. The molecule has 4 N–H and O–H groups in total. The van der Waals surface area contributed by atoms with E-state index >= 15 is 0 Å². The van der Waals surface area contributed by atoms with Gasteiger partial charge >= 0.3 is 0 Å². The van der Waals surface area contributed by atoms with Crippen LogP contribution >= 0.6 is 35.6 Å². The predicted molar refractivity (Wildman–Crippen MR) is 121 cm³/mol. The highest BCUT2D eigenvalue weighted by atomic mass is 127. The highest BCUT2D eigenvalue weighted by Gasteiger charge is 2.06. The van der Waals surface area contributed by atoms with Crippen LogP contribution in [0.2, 0.25) is 5.02 Å². The second-order valence-corrected chi connectivity index (χ2v) is 7.69. The Labute approximate surface area is 182 Å². The van der Waals surface area contributed by atoms with E-state index in [1.807, 2.05) is 31.2 Å². The third-order valence-electron chi connectivity index (χ3n) is 3.64. The van der Waals surface area contributed by atoms with E-state index in [9.17, 15) is 8.42 Å². The first-order valence-electron chi connectivity index (χ1n) is 8.27. The second kappa shape index (κ2) is 11.5. The molecule has 0 fully saturated rings. The standard InChI is InChI=1S/C18H23ClN4O2S.HI/c1-2-21-18(22-12-11-14-3-7-16(19)8-4-14)23-13-15-5-9-17(10-6-15)26(20,24)25;/h3-10H,2,11-13H2,1H3,(H2,20,24,25)(H2,21,22,23);1H. The molecule has 0 saturated heterocycles. The van der Waals surface area contributed by atoms with E-state index in [1.165, 1.54) is 17.7 Å². The number of nitrogens with one attached hydrogen (secondary N) is 2. The van der Waals surface area contributed by atoms with Crippen molar-refractivity contribution in [3.05, 3.63) is 64.7 Å². The molecule has 2 aromatic carbocycles. The van der Waals surface area contributed by atoms with Crippen LogP contribution in [0.5, 0.6) is 0 Å². The van der Waals surface area contributed by atoms with E-state index in [0.717, 1.165) is 30.1 Å². The van der Waals surface area contributed by atoms with Crippen molar-refractivity contribution < 1.29 is 8.42 Å². The summed E-state index contributed by atoms with van der Waals surface area (Å²) < 4.78 is 22.5. The average molecular weight is 523 g/mol. The zero-order valence-electron chi connectivity index (χ0n) is 15.0. The highest BCUT2D eigenvalue weighted by Crippen LogP contribution is 2.10. The van der Waals surface area contributed by atoms with Crippen molar-refractivity contribution in [2.45, 2.75) is 24.8 Å². The molecule has 0 radical (unpaired) electrons. The van der Waals surface area contributed by atoms with Crippen molar-refractivity contribution in [3.63, 3.8) is 0 Å². The van der Waals surface area contributed by atoms with E-state index in [4.69, 9.17) is 16.7 Å². The summed E-state index contributed by atoms with van der Waals surface area (Å²) in [5.41, 5.74) is 2.09. The van der Waals surface area contributed by atoms with Gasteiger partial charge in [0.2, 0.25) is 10.0 Å². The van der Waals surface area contributed by atoms with Gasteiger partial charge in [-0.3, -0.25) is 0 Å². The lowest BCUT2D eigenvalue weighted by molar-refractivity contribution is 0.598. The summed E-state index contributed by atoms with van der Waals surface area (Å²) >= 11 is 5.89. The summed E-state index contributed by atoms with van der Waals surface area (Å²) in [6.07, 6.45) is 0.852. The lowest BCUT2D eigenvalue weighted by Gasteiger charge is -2.11. The Morgan fingerprint density at radius 1 is 1.04 bits per heavy atom. The molecule has 0 atom stereocenters. The third kappa shape index (κ3) is 8.46. The van der Waals surface area contributed by atoms with E-state index < -0.39 is 10.0 Å². The number of halogens is 2. The van der Waals surface area contributed by atoms with Gasteiger partial charge in [-0.2, -0.15) is 0 Å². The molecule has 9 heteroatoms. The van der Waals surface area contributed by atoms with Gasteiger partial charge < -0.3 is 10.6 Å². The number of nitrogens with two attached hydrogens (primary N) is 1. The minimum atomic E-state index is -3.67. The first-order valence-corrected chi connectivity index (χ1v) is 10.2. The molecule has 0 aliphatic carbocycles. The van der Waals surface area contributed by atoms with Gasteiger partial charge in [0.25, 0.3) is 0 Å². The minimum absolute atomic E-state index is 0. The molecule has 0 heterocycles. The molecule has 0 aliphatic heterocycles. The quantitative estimate of drug-likeness (QED) is 0.296. The van der Waals surface area contributed by atoms with Crippen LogP contribution in [0.25, 0.3) is 0 Å². The number of nitrogens with zero attached hydrogens (tertiary/aromatic N) is 1. The van der Waals surface area contributed by atoms with Crippen LogP contribution in [0.1, 0.15) is 18.1 Å². The molecule has 0 spiro atoms.